The number of aromatic amines is 1. The van der Waals surface area contributed by atoms with E-state index in [1.807, 2.05) is 6.20 Å². The Morgan fingerprint density at radius 3 is 2.88 bits per heavy atom. The molecule has 1 aliphatic rings. The molecule has 1 saturated carbocycles. The molecule has 1 heterocycles. The van der Waals surface area contributed by atoms with Crippen LogP contribution in [-0.4, -0.2) is 55.6 Å². The highest BCUT2D eigenvalue weighted by Gasteiger charge is 2.38. The first-order valence-corrected chi connectivity index (χ1v) is 9.25. The third kappa shape index (κ3) is 5.04. The first kappa shape index (κ1) is 19.4. The van der Waals surface area contributed by atoms with Gasteiger partial charge in [0.25, 0.3) is 0 Å². The molecule has 1 fully saturated rings. The topological polar surface area (TPSA) is 50.4 Å². The van der Waals surface area contributed by atoms with E-state index in [0.717, 1.165) is 19.7 Å². The van der Waals surface area contributed by atoms with Gasteiger partial charge in [0.2, 0.25) is 0 Å². The zero-order valence-corrected chi connectivity index (χ0v) is 16.1. The Hall–Kier alpha value is -0.910. The maximum atomic E-state index is 5.87. The van der Waals surface area contributed by atoms with Gasteiger partial charge in [-0.2, -0.15) is 5.10 Å². The number of methoxy groups -OCH3 is 1. The number of hydrogen-bond donors (Lipinski definition) is 1. The average Bonchev–Trinajstić information content (AvgIpc) is 3.00. The van der Waals surface area contributed by atoms with E-state index in [4.69, 9.17) is 9.47 Å². The monoisotopic (exact) mass is 337 g/mol. The van der Waals surface area contributed by atoms with Gasteiger partial charge >= 0.3 is 0 Å². The van der Waals surface area contributed by atoms with Gasteiger partial charge in [-0.3, -0.25) is 5.10 Å². The van der Waals surface area contributed by atoms with Crippen molar-refractivity contribution < 1.29 is 9.47 Å². The highest BCUT2D eigenvalue weighted by Crippen LogP contribution is 2.46. The molecule has 1 aromatic heterocycles. The molecule has 5 heteroatoms. The maximum Gasteiger partial charge on any atom is 0.0700 e. The smallest absolute Gasteiger partial charge is 0.0700 e. The molecular weight excluding hydrogens is 302 g/mol. The number of nitrogens with one attached hydrogen (secondary N) is 1. The lowest BCUT2D eigenvalue weighted by molar-refractivity contribution is -0.000397. The minimum Gasteiger partial charge on any atom is -0.382 e. The van der Waals surface area contributed by atoms with Gasteiger partial charge in [0, 0.05) is 30.8 Å². The molecule has 0 bridgehead atoms. The summed E-state index contributed by atoms with van der Waals surface area (Å²) in [6, 6.07) is 0. The maximum absolute atomic E-state index is 5.87. The number of hydrogen-bond acceptors (Lipinski definition) is 4. The van der Waals surface area contributed by atoms with E-state index in [-0.39, 0.29) is 0 Å². The Kier molecular flexibility index (Phi) is 7.26. The van der Waals surface area contributed by atoms with Gasteiger partial charge in [0.05, 0.1) is 26.0 Å². The summed E-state index contributed by atoms with van der Waals surface area (Å²) in [6.45, 7) is 11.2. The summed E-state index contributed by atoms with van der Waals surface area (Å²) in [4.78, 5) is 2.33. The van der Waals surface area contributed by atoms with Crippen molar-refractivity contribution in [2.45, 2.75) is 52.5 Å². The molecular formula is C19H35N3O2. The number of ether oxygens (including phenoxy) is 2. The number of rotatable bonds is 9. The third-order valence-electron chi connectivity index (χ3n) is 5.70. The van der Waals surface area contributed by atoms with Crippen LogP contribution in [0.25, 0.3) is 0 Å². The summed E-state index contributed by atoms with van der Waals surface area (Å²) < 4.78 is 11.0. The van der Waals surface area contributed by atoms with Crippen LogP contribution >= 0.6 is 0 Å². The Bertz CT molecular complexity index is 487. The van der Waals surface area contributed by atoms with E-state index in [1.165, 1.54) is 30.5 Å². The second-order valence-corrected chi connectivity index (χ2v) is 7.86. The van der Waals surface area contributed by atoms with Crippen LogP contribution in [0.2, 0.25) is 0 Å². The molecule has 2 atom stereocenters. The van der Waals surface area contributed by atoms with Crippen LogP contribution in [0, 0.1) is 11.3 Å². The fourth-order valence-electron chi connectivity index (χ4n) is 3.66. The van der Waals surface area contributed by atoms with Gasteiger partial charge in [-0.1, -0.05) is 20.8 Å². The van der Waals surface area contributed by atoms with E-state index in [0.29, 0.717) is 30.5 Å². The average molecular weight is 338 g/mol. The quantitative estimate of drug-likeness (QED) is 0.701. The minimum absolute atomic E-state index is 0.337. The van der Waals surface area contributed by atoms with Crippen LogP contribution in [0.15, 0.2) is 6.20 Å². The zero-order chi connectivity index (χ0) is 17.6. The van der Waals surface area contributed by atoms with E-state index in [1.54, 1.807) is 7.11 Å². The van der Waals surface area contributed by atoms with Gasteiger partial charge < -0.3 is 14.4 Å². The summed E-state index contributed by atoms with van der Waals surface area (Å²) in [5.41, 5.74) is 3.03. The molecule has 1 N–H and O–H groups in total. The number of H-pyrrole nitrogens is 1. The van der Waals surface area contributed by atoms with E-state index >= 15 is 0 Å². The molecule has 0 aromatic carbocycles. The van der Waals surface area contributed by atoms with Gasteiger partial charge in [0.1, 0.15) is 0 Å². The predicted octanol–water partition coefficient (Wildman–Crippen LogP) is 3.43. The lowest BCUT2D eigenvalue weighted by atomic mass is 9.65. The van der Waals surface area contributed by atoms with Crippen LogP contribution in [0.4, 0.5) is 0 Å². The fraction of sp³-hybridized carbons (Fsp3) is 0.842. The molecule has 0 saturated heterocycles. The molecule has 0 amide bonds. The van der Waals surface area contributed by atoms with E-state index in [9.17, 15) is 0 Å². The SMILES string of the molecule is CCN(C)Cc1cn[nH]c1C1CCC(C)(C)[C@H](COCCOC)C1. The second kappa shape index (κ2) is 8.97. The van der Waals surface area contributed by atoms with E-state index in [2.05, 4.69) is 42.9 Å². The minimum atomic E-state index is 0.337. The van der Waals surface area contributed by atoms with Gasteiger partial charge in [0.15, 0.2) is 0 Å². The third-order valence-corrected chi connectivity index (χ3v) is 5.70. The van der Waals surface area contributed by atoms with Crippen molar-refractivity contribution in [2.24, 2.45) is 11.3 Å². The number of aromatic nitrogens is 2. The molecule has 1 aromatic rings. The van der Waals surface area contributed by atoms with E-state index < -0.39 is 0 Å². The van der Waals surface area contributed by atoms with Crippen molar-refractivity contribution >= 4 is 0 Å². The summed E-state index contributed by atoms with van der Waals surface area (Å²) in [5.74, 6) is 1.14. The normalized spacial score (nSPS) is 23.8. The summed E-state index contributed by atoms with van der Waals surface area (Å²) in [6.07, 6.45) is 5.64. The van der Waals surface area contributed by atoms with Crippen LogP contribution in [0.1, 0.15) is 57.2 Å². The lowest BCUT2D eigenvalue weighted by Gasteiger charge is -2.42. The molecule has 2 rings (SSSR count). The molecule has 1 aliphatic carbocycles. The van der Waals surface area contributed by atoms with Crippen LogP contribution in [-0.2, 0) is 16.0 Å². The Morgan fingerprint density at radius 2 is 2.17 bits per heavy atom. The molecule has 5 nitrogen and oxygen atoms in total. The molecule has 0 radical (unpaired) electrons. The van der Waals surface area contributed by atoms with Crippen molar-refractivity contribution in [2.75, 3.05) is 40.5 Å². The van der Waals surface area contributed by atoms with Crippen molar-refractivity contribution in [3.05, 3.63) is 17.5 Å². The first-order valence-electron chi connectivity index (χ1n) is 9.25. The van der Waals surface area contributed by atoms with Crippen molar-refractivity contribution in [1.82, 2.24) is 15.1 Å². The first-order chi connectivity index (χ1) is 11.5. The zero-order valence-electron chi connectivity index (χ0n) is 16.1. The van der Waals surface area contributed by atoms with Gasteiger partial charge in [-0.05, 0) is 44.2 Å². The second-order valence-electron chi connectivity index (χ2n) is 7.86. The summed E-state index contributed by atoms with van der Waals surface area (Å²) in [7, 11) is 3.88. The highest BCUT2D eigenvalue weighted by atomic mass is 16.5. The Labute approximate surface area is 147 Å². The largest absolute Gasteiger partial charge is 0.382 e. The highest BCUT2D eigenvalue weighted by molar-refractivity contribution is 5.21. The summed E-state index contributed by atoms with van der Waals surface area (Å²) in [5, 5.41) is 7.62. The Morgan fingerprint density at radius 1 is 1.38 bits per heavy atom. The Balaban J connectivity index is 2.00. The summed E-state index contributed by atoms with van der Waals surface area (Å²) >= 11 is 0. The van der Waals surface area contributed by atoms with Crippen molar-refractivity contribution in [1.29, 1.82) is 0 Å². The molecule has 138 valence electrons. The molecule has 0 spiro atoms. The molecule has 24 heavy (non-hydrogen) atoms. The number of nitrogens with zero attached hydrogens (tertiary/aromatic N) is 2. The molecule has 0 aliphatic heterocycles. The van der Waals surface area contributed by atoms with Crippen molar-refractivity contribution in [3.63, 3.8) is 0 Å². The predicted molar refractivity (Wildman–Crippen MR) is 97.2 cm³/mol. The standard InChI is InChI=1S/C19H35N3O2/c1-6-22(4)13-16-12-20-21-18(16)15-7-8-19(2,3)17(11-15)14-24-10-9-23-5/h12,15,17H,6-11,13-14H2,1-5H3,(H,20,21)/t15?,17-/m0/s1. The van der Waals surface area contributed by atoms with Crippen molar-refractivity contribution in [3.8, 4) is 0 Å². The van der Waals surface area contributed by atoms with Gasteiger partial charge in [-0.15, -0.1) is 0 Å². The lowest BCUT2D eigenvalue weighted by Crippen LogP contribution is -2.35. The molecule has 1 unspecified atom stereocenters. The van der Waals surface area contributed by atoms with Crippen LogP contribution in [0.5, 0.6) is 0 Å². The fourth-order valence-corrected chi connectivity index (χ4v) is 3.66. The van der Waals surface area contributed by atoms with Gasteiger partial charge in [-0.25, -0.2) is 0 Å². The van der Waals surface area contributed by atoms with Crippen LogP contribution < -0.4 is 0 Å². The van der Waals surface area contributed by atoms with Crippen LogP contribution in [0.3, 0.4) is 0 Å².